The van der Waals surface area contributed by atoms with Crippen molar-refractivity contribution < 1.29 is 23.9 Å². The topological polar surface area (TPSA) is 72.9 Å². The van der Waals surface area contributed by atoms with Gasteiger partial charge >= 0.3 is 11.9 Å². The van der Waals surface area contributed by atoms with Crippen molar-refractivity contribution in [2.45, 2.75) is 226 Å². The van der Waals surface area contributed by atoms with E-state index in [0.29, 0.717) is 19.3 Å². The molecule has 272 valence electrons. The van der Waals surface area contributed by atoms with Crippen LogP contribution < -0.4 is 0 Å². The van der Waals surface area contributed by atoms with Crippen LogP contribution in [0.5, 0.6) is 0 Å². The van der Waals surface area contributed by atoms with Crippen LogP contribution >= 0.6 is 0 Å². The Balaban J connectivity index is 5.60. The number of ether oxygens (including phenoxy) is 2. The predicted octanol–water partition coefficient (Wildman–Crippen LogP) is 11.7. The molecule has 0 rings (SSSR count). The Bertz CT molecular complexity index is 670. The minimum Gasteiger partial charge on any atom is -0.464 e. The van der Waals surface area contributed by atoms with Crippen LogP contribution in [-0.4, -0.2) is 48.0 Å². The van der Waals surface area contributed by atoms with Crippen LogP contribution in [-0.2, 0) is 23.9 Å². The van der Waals surface area contributed by atoms with Gasteiger partial charge in [0.05, 0.1) is 13.2 Å². The molecule has 0 saturated heterocycles. The van der Waals surface area contributed by atoms with Crippen LogP contribution in [0.3, 0.4) is 0 Å². The molecule has 0 aliphatic rings. The van der Waals surface area contributed by atoms with Gasteiger partial charge in [0.1, 0.15) is 12.1 Å². The van der Waals surface area contributed by atoms with Gasteiger partial charge in [0, 0.05) is 6.42 Å². The molecule has 0 heterocycles. The van der Waals surface area contributed by atoms with Gasteiger partial charge in [-0.2, -0.15) is 0 Å². The highest BCUT2D eigenvalue weighted by Crippen LogP contribution is 2.24. The van der Waals surface area contributed by atoms with Crippen molar-refractivity contribution in [2.75, 3.05) is 13.2 Å². The maximum absolute atomic E-state index is 14.0. The molecule has 0 aromatic carbocycles. The molecule has 0 saturated carbocycles. The number of carbonyl (C=O) groups is 3. The molecule has 2 unspecified atom stereocenters. The van der Waals surface area contributed by atoms with Crippen LogP contribution in [0.1, 0.15) is 214 Å². The highest BCUT2D eigenvalue weighted by Gasteiger charge is 2.39. The van der Waals surface area contributed by atoms with Crippen molar-refractivity contribution in [2.24, 2.45) is 0 Å². The van der Waals surface area contributed by atoms with Crippen molar-refractivity contribution in [3.63, 3.8) is 0 Å². The minimum atomic E-state index is -0.741. The standard InChI is InChI=1S/C40H77NO5/c1-6-11-14-17-20-23-26-29-32-35-38(42)41(36(39(43)45-9-4)33-30-27-24-21-18-15-12-7-2)37(40(44)46-10-5)34-31-28-25-22-19-16-13-8-3/h36-37H,6-35H2,1-5H3. The van der Waals surface area contributed by atoms with Crippen LogP contribution in [0.2, 0.25) is 0 Å². The summed E-state index contributed by atoms with van der Waals surface area (Å²) in [7, 11) is 0. The molecule has 0 aliphatic heterocycles. The molecule has 0 fully saturated rings. The third-order valence-corrected chi connectivity index (χ3v) is 9.23. The lowest BCUT2D eigenvalue weighted by atomic mass is 9.98. The number of amides is 1. The average molecular weight is 652 g/mol. The van der Waals surface area contributed by atoms with Gasteiger partial charge in [-0.25, -0.2) is 9.59 Å². The molecule has 6 nitrogen and oxygen atoms in total. The lowest BCUT2D eigenvalue weighted by Gasteiger charge is -2.36. The smallest absolute Gasteiger partial charge is 0.328 e. The van der Waals surface area contributed by atoms with E-state index < -0.39 is 12.1 Å². The summed E-state index contributed by atoms with van der Waals surface area (Å²) in [6.07, 6.45) is 30.5. The summed E-state index contributed by atoms with van der Waals surface area (Å²) in [6, 6.07) is -1.48. The van der Waals surface area contributed by atoms with E-state index in [1.54, 1.807) is 4.90 Å². The molecular formula is C40H77NO5. The number of nitrogens with zero attached hydrogens (tertiary/aromatic N) is 1. The molecule has 0 radical (unpaired) electrons. The van der Waals surface area contributed by atoms with E-state index in [2.05, 4.69) is 20.8 Å². The predicted molar refractivity (Wildman–Crippen MR) is 194 cm³/mol. The van der Waals surface area contributed by atoms with Gasteiger partial charge in [-0.05, 0) is 33.1 Å². The normalized spacial score (nSPS) is 12.5. The van der Waals surface area contributed by atoms with Crippen LogP contribution in [0, 0.1) is 0 Å². The molecule has 46 heavy (non-hydrogen) atoms. The quantitative estimate of drug-likeness (QED) is 0.0511. The van der Waals surface area contributed by atoms with Crippen molar-refractivity contribution in [1.29, 1.82) is 0 Å². The summed E-state index contributed by atoms with van der Waals surface area (Å²) in [5.41, 5.74) is 0. The van der Waals surface area contributed by atoms with Crippen molar-refractivity contribution in [3.8, 4) is 0 Å². The van der Waals surface area contributed by atoms with Crippen molar-refractivity contribution >= 4 is 17.8 Å². The molecule has 0 N–H and O–H groups in total. The van der Waals surface area contributed by atoms with Gasteiger partial charge in [0.2, 0.25) is 5.91 Å². The van der Waals surface area contributed by atoms with E-state index in [1.165, 1.54) is 103 Å². The molecular weight excluding hydrogens is 574 g/mol. The summed E-state index contributed by atoms with van der Waals surface area (Å²) < 4.78 is 11.1. The highest BCUT2D eigenvalue weighted by atomic mass is 16.5. The van der Waals surface area contributed by atoms with Crippen LogP contribution in [0.4, 0.5) is 0 Å². The molecule has 0 bridgehead atoms. The Labute approximate surface area is 285 Å². The van der Waals surface area contributed by atoms with E-state index in [-0.39, 0.29) is 31.1 Å². The monoisotopic (exact) mass is 652 g/mol. The first kappa shape index (κ1) is 44.4. The third-order valence-electron chi connectivity index (χ3n) is 9.23. The molecule has 0 spiro atoms. The zero-order valence-electron chi connectivity index (χ0n) is 31.4. The fraction of sp³-hybridized carbons (Fsp3) is 0.925. The summed E-state index contributed by atoms with van der Waals surface area (Å²) in [6.45, 7) is 10.8. The van der Waals surface area contributed by atoms with Gasteiger partial charge in [-0.1, -0.05) is 175 Å². The first-order chi connectivity index (χ1) is 22.5. The minimum absolute atomic E-state index is 0.0989. The van der Waals surface area contributed by atoms with Gasteiger partial charge in [0.25, 0.3) is 0 Å². The summed E-state index contributed by atoms with van der Waals surface area (Å²) in [4.78, 5) is 42.6. The first-order valence-corrected chi connectivity index (χ1v) is 20.1. The molecule has 6 heteroatoms. The van der Waals surface area contributed by atoms with Crippen molar-refractivity contribution in [1.82, 2.24) is 4.90 Å². The second kappa shape index (κ2) is 33.3. The third kappa shape index (κ3) is 23.7. The summed E-state index contributed by atoms with van der Waals surface area (Å²) in [5.74, 6) is -0.856. The maximum atomic E-state index is 14.0. The molecule has 2 atom stereocenters. The Morgan fingerprint density at radius 1 is 0.413 bits per heavy atom. The number of unbranched alkanes of at least 4 members (excludes halogenated alkanes) is 22. The molecule has 0 aromatic rings. The first-order valence-electron chi connectivity index (χ1n) is 20.1. The Kier molecular flexibility index (Phi) is 32.2. The SMILES string of the molecule is CCCCCCCCCCCC(=O)N(C(CCCCCCCCCC)C(=O)OCC)C(CCCCCCCCCC)C(=O)OCC. The van der Waals surface area contributed by atoms with Gasteiger partial charge in [0.15, 0.2) is 0 Å². The highest BCUT2D eigenvalue weighted by molar-refractivity contribution is 5.89. The Morgan fingerprint density at radius 3 is 1.00 bits per heavy atom. The number of hydrogen-bond donors (Lipinski definition) is 0. The van der Waals surface area contributed by atoms with Gasteiger partial charge in [-0.3, -0.25) is 4.79 Å². The fourth-order valence-corrected chi connectivity index (χ4v) is 6.44. The summed E-state index contributed by atoms with van der Waals surface area (Å²) >= 11 is 0. The van der Waals surface area contributed by atoms with Crippen LogP contribution in [0.25, 0.3) is 0 Å². The number of rotatable bonds is 34. The largest absolute Gasteiger partial charge is 0.464 e. The van der Waals surface area contributed by atoms with E-state index in [4.69, 9.17) is 9.47 Å². The number of carbonyl (C=O) groups excluding carboxylic acids is 3. The zero-order valence-corrected chi connectivity index (χ0v) is 31.4. The second-order valence-corrected chi connectivity index (χ2v) is 13.4. The molecule has 0 aromatic heterocycles. The van der Waals surface area contributed by atoms with Gasteiger partial charge in [-0.15, -0.1) is 0 Å². The van der Waals surface area contributed by atoms with E-state index in [0.717, 1.165) is 57.8 Å². The second-order valence-electron chi connectivity index (χ2n) is 13.4. The maximum Gasteiger partial charge on any atom is 0.328 e. The number of hydrogen-bond acceptors (Lipinski definition) is 5. The zero-order chi connectivity index (χ0) is 34.1. The van der Waals surface area contributed by atoms with E-state index in [9.17, 15) is 14.4 Å². The van der Waals surface area contributed by atoms with Crippen molar-refractivity contribution in [3.05, 3.63) is 0 Å². The molecule has 0 aliphatic carbocycles. The molecule has 1 amide bonds. The lowest BCUT2D eigenvalue weighted by molar-refractivity contribution is -0.165. The van der Waals surface area contributed by atoms with Gasteiger partial charge < -0.3 is 14.4 Å². The fourth-order valence-electron chi connectivity index (χ4n) is 6.44. The van der Waals surface area contributed by atoms with Crippen LogP contribution in [0.15, 0.2) is 0 Å². The van der Waals surface area contributed by atoms with E-state index in [1.807, 2.05) is 13.8 Å². The number of esters is 2. The lowest BCUT2D eigenvalue weighted by Crippen LogP contribution is -2.54. The Hall–Kier alpha value is -1.59. The van der Waals surface area contributed by atoms with E-state index >= 15 is 0 Å². The summed E-state index contributed by atoms with van der Waals surface area (Å²) in [5, 5.41) is 0. The average Bonchev–Trinajstić information content (AvgIpc) is 3.04. The Morgan fingerprint density at radius 2 is 0.696 bits per heavy atom.